The molecule has 0 saturated carbocycles. The molecule has 0 aliphatic heterocycles. The molecule has 1 N–H and O–H groups in total. The zero-order chi connectivity index (χ0) is 21.8. The molecule has 0 radical (unpaired) electrons. The van der Waals surface area contributed by atoms with Crippen LogP contribution in [0.25, 0.3) is 0 Å². The van der Waals surface area contributed by atoms with E-state index in [2.05, 4.69) is 29.4 Å². The summed E-state index contributed by atoms with van der Waals surface area (Å²) < 4.78 is 26.8. The van der Waals surface area contributed by atoms with Gasteiger partial charge in [0, 0.05) is 10.8 Å². The van der Waals surface area contributed by atoms with Crippen LogP contribution in [0.15, 0.2) is 22.5 Å². The van der Waals surface area contributed by atoms with Crippen molar-refractivity contribution in [2.75, 3.05) is 21.6 Å². The molecule has 0 aliphatic rings. The molecule has 2 rings (SSSR count). The van der Waals surface area contributed by atoms with Crippen molar-refractivity contribution in [1.82, 2.24) is 10.2 Å². The number of anilines is 2. The molecule has 0 fully saturated rings. The van der Waals surface area contributed by atoms with Crippen molar-refractivity contribution < 1.29 is 13.2 Å². The smallest absolute Gasteiger partial charge is 0.250 e. The van der Waals surface area contributed by atoms with Gasteiger partial charge in [-0.15, -0.1) is 10.2 Å². The van der Waals surface area contributed by atoms with Crippen molar-refractivity contribution in [3.8, 4) is 0 Å². The van der Waals surface area contributed by atoms with Crippen LogP contribution in [0.2, 0.25) is 10.0 Å². The van der Waals surface area contributed by atoms with E-state index in [-0.39, 0.29) is 17.1 Å². The molecule has 0 spiro atoms. The second-order valence-corrected chi connectivity index (χ2v) is 11.6. The summed E-state index contributed by atoms with van der Waals surface area (Å²) in [5, 5.41) is 11.5. The van der Waals surface area contributed by atoms with E-state index >= 15 is 0 Å². The maximum absolute atomic E-state index is 12.9. The van der Waals surface area contributed by atoms with Gasteiger partial charge >= 0.3 is 0 Å². The van der Waals surface area contributed by atoms with Crippen molar-refractivity contribution in [2.45, 2.75) is 37.6 Å². The van der Waals surface area contributed by atoms with Crippen molar-refractivity contribution in [3.63, 3.8) is 0 Å². The van der Waals surface area contributed by atoms with Crippen LogP contribution < -0.4 is 9.62 Å². The number of amides is 1. The standard InChI is InChI=1S/C17H22Cl2N4O3S3/c1-5-13(15(24)20-16-21-22-17(28-16)27-9-10(2)3)23(29(4,25)26)14-8-11(18)6-7-12(14)19/h6-8,10,13H,5,9H2,1-4H3,(H,20,21,24). The van der Waals surface area contributed by atoms with Crippen LogP contribution in [-0.2, 0) is 14.8 Å². The number of carbonyl (C=O) groups excluding carboxylic acids is 1. The summed E-state index contributed by atoms with van der Waals surface area (Å²) in [4.78, 5) is 12.9. The molecule has 1 aromatic heterocycles. The molecule has 1 atom stereocenters. The maximum Gasteiger partial charge on any atom is 0.250 e. The van der Waals surface area contributed by atoms with Crippen molar-refractivity contribution in [3.05, 3.63) is 28.2 Å². The predicted octanol–water partition coefficient (Wildman–Crippen LogP) is 4.78. The second kappa shape index (κ2) is 10.3. The van der Waals surface area contributed by atoms with Gasteiger partial charge in [0.15, 0.2) is 4.34 Å². The van der Waals surface area contributed by atoms with Crippen LogP contribution in [0.5, 0.6) is 0 Å². The SMILES string of the molecule is CCC(C(=O)Nc1nnc(SCC(C)C)s1)N(c1cc(Cl)ccc1Cl)S(C)(=O)=O. The molecule has 29 heavy (non-hydrogen) atoms. The molecule has 0 bridgehead atoms. The van der Waals surface area contributed by atoms with Gasteiger partial charge in [-0.3, -0.25) is 14.4 Å². The first-order chi connectivity index (χ1) is 13.5. The Morgan fingerprint density at radius 1 is 1.31 bits per heavy atom. The molecule has 0 aliphatic carbocycles. The minimum atomic E-state index is -3.83. The lowest BCUT2D eigenvalue weighted by Gasteiger charge is -2.30. The number of nitrogens with zero attached hydrogens (tertiary/aromatic N) is 3. The third-order valence-electron chi connectivity index (χ3n) is 3.65. The lowest BCUT2D eigenvalue weighted by Crippen LogP contribution is -2.47. The average Bonchev–Trinajstić information content (AvgIpc) is 3.06. The van der Waals surface area contributed by atoms with Gasteiger partial charge in [-0.1, -0.05) is 67.1 Å². The van der Waals surface area contributed by atoms with Crippen molar-refractivity contribution >= 4 is 73.0 Å². The first kappa shape index (κ1) is 24.2. The third-order valence-corrected chi connectivity index (χ3v) is 7.77. The van der Waals surface area contributed by atoms with E-state index in [1.54, 1.807) is 24.8 Å². The van der Waals surface area contributed by atoms with E-state index < -0.39 is 22.0 Å². The average molecular weight is 497 g/mol. The zero-order valence-electron chi connectivity index (χ0n) is 16.3. The number of aromatic nitrogens is 2. The van der Waals surface area contributed by atoms with E-state index in [4.69, 9.17) is 23.2 Å². The molecule has 7 nitrogen and oxygen atoms in total. The maximum atomic E-state index is 12.9. The molecule has 160 valence electrons. The van der Waals surface area contributed by atoms with Gasteiger partial charge in [-0.05, 0) is 30.5 Å². The number of thioether (sulfide) groups is 1. The second-order valence-electron chi connectivity index (χ2n) is 6.65. The van der Waals surface area contributed by atoms with Crippen LogP contribution in [0, 0.1) is 5.92 Å². The van der Waals surface area contributed by atoms with E-state index in [0.717, 1.165) is 20.7 Å². The fourth-order valence-electron chi connectivity index (χ4n) is 2.44. The summed E-state index contributed by atoms with van der Waals surface area (Å²) in [7, 11) is -3.83. The first-order valence-electron chi connectivity index (χ1n) is 8.74. The Hall–Kier alpha value is -1.07. The number of hydrogen-bond donors (Lipinski definition) is 1. The zero-order valence-corrected chi connectivity index (χ0v) is 20.3. The van der Waals surface area contributed by atoms with Crippen molar-refractivity contribution in [2.24, 2.45) is 5.92 Å². The highest BCUT2D eigenvalue weighted by atomic mass is 35.5. The van der Waals surface area contributed by atoms with Crippen molar-refractivity contribution in [1.29, 1.82) is 0 Å². The Labute approximate surface area is 189 Å². The first-order valence-corrected chi connectivity index (χ1v) is 13.1. The molecule has 1 heterocycles. The van der Waals surface area contributed by atoms with Gasteiger partial charge in [-0.2, -0.15) is 0 Å². The van der Waals surface area contributed by atoms with Gasteiger partial charge < -0.3 is 0 Å². The fraction of sp³-hybridized carbons (Fsp3) is 0.471. The summed E-state index contributed by atoms with van der Waals surface area (Å²) in [6.45, 7) is 5.91. The van der Waals surface area contributed by atoms with Gasteiger partial charge in [-0.25, -0.2) is 8.42 Å². The van der Waals surface area contributed by atoms with Gasteiger partial charge in [0.05, 0.1) is 17.0 Å². The minimum Gasteiger partial charge on any atom is -0.299 e. The number of hydrogen-bond acceptors (Lipinski definition) is 7. The summed E-state index contributed by atoms with van der Waals surface area (Å²) in [5.41, 5.74) is 0.147. The van der Waals surface area contributed by atoms with E-state index in [9.17, 15) is 13.2 Å². The number of carbonyl (C=O) groups is 1. The lowest BCUT2D eigenvalue weighted by molar-refractivity contribution is -0.117. The van der Waals surface area contributed by atoms with Gasteiger partial charge in [0.25, 0.3) is 0 Å². The number of halogens is 2. The van der Waals surface area contributed by atoms with Crippen LogP contribution in [0.4, 0.5) is 10.8 Å². The number of rotatable bonds is 9. The summed E-state index contributed by atoms with van der Waals surface area (Å²) in [6, 6.07) is 3.43. The summed E-state index contributed by atoms with van der Waals surface area (Å²) in [6.07, 6.45) is 1.24. The molecule has 0 saturated heterocycles. The minimum absolute atomic E-state index is 0.147. The molecule has 1 aromatic carbocycles. The lowest BCUT2D eigenvalue weighted by atomic mass is 10.2. The number of benzene rings is 1. The molecule has 2 aromatic rings. The predicted molar refractivity (Wildman–Crippen MR) is 122 cm³/mol. The highest BCUT2D eigenvalue weighted by Crippen LogP contribution is 2.33. The number of sulfonamides is 1. The van der Waals surface area contributed by atoms with Crippen LogP contribution >= 0.6 is 46.3 Å². The monoisotopic (exact) mass is 496 g/mol. The highest BCUT2D eigenvalue weighted by molar-refractivity contribution is 8.01. The molecular formula is C17H22Cl2N4O3S3. The topological polar surface area (TPSA) is 92.3 Å². The van der Waals surface area contributed by atoms with Gasteiger partial charge in [0.1, 0.15) is 6.04 Å². The Morgan fingerprint density at radius 3 is 2.59 bits per heavy atom. The summed E-state index contributed by atoms with van der Waals surface area (Å²) >= 11 is 15.0. The third kappa shape index (κ3) is 6.71. The normalized spacial score (nSPS) is 12.8. The van der Waals surface area contributed by atoms with Crippen LogP contribution in [0.1, 0.15) is 27.2 Å². The van der Waals surface area contributed by atoms with Gasteiger partial charge in [0.2, 0.25) is 21.1 Å². The fourth-order valence-corrected chi connectivity index (χ4v) is 5.81. The molecule has 12 heteroatoms. The Balaban J connectivity index is 2.28. The molecule has 1 amide bonds. The van der Waals surface area contributed by atoms with E-state index in [1.807, 2.05) is 0 Å². The largest absolute Gasteiger partial charge is 0.299 e. The number of nitrogens with one attached hydrogen (secondary N) is 1. The Kier molecular flexibility index (Phi) is 8.59. The quantitative estimate of drug-likeness (QED) is 0.396. The highest BCUT2D eigenvalue weighted by Gasteiger charge is 2.33. The van der Waals surface area contributed by atoms with E-state index in [0.29, 0.717) is 16.1 Å². The molecular weight excluding hydrogens is 475 g/mol. The van der Waals surface area contributed by atoms with Crippen LogP contribution in [0.3, 0.4) is 0 Å². The Bertz CT molecular complexity index is 967. The van der Waals surface area contributed by atoms with Crippen LogP contribution in [-0.4, -0.2) is 42.6 Å². The summed E-state index contributed by atoms with van der Waals surface area (Å²) in [5.74, 6) is 0.859. The Morgan fingerprint density at radius 2 is 2.00 bits per heavy atom. The molecule has 1 unspecified atom stereocenters. The van der Waals surface area contributed by atoms with E-state index in [1.165, 1.54) is 23.5 Å².